The number of aliphatic hydroxyl groups excluding tert-OH is 1. The molecular weight excluding hydrogens is 228 g/mol. The van der Waals surface area contributed by atoms with Crippen LogP contribution in [0.1, 0.15) is 12.0 Å². The summed E-state index contributed by atoms with van der Waals surface area (Å²) in [7, 11) is 0. The van der Waals surface area contributed by atoms with Gasteiger partial charge in [-0.2, -0.15) is 0 Å². The van der Waals surface area contributed by atoms with Gasteiger partial charge in [-0.05, 0) is 18.6 Å². The average molecular weight is 241 g/mol. The number of aliphatic hydroxyl groups is 1. The monoisotopic (exact) mass is 241 g/mol. The predicted molar refractivity (Wildman–Crippen MR) is 57.3 cm³/mol. The lowest BCUT2D eigenvalue weighted by atomic mass is 10.1. The largest absolute Gasteiger partial charge is 0.391 e. The first-order valence-corrected chi connectivity index (χ1v) is 5.46. The van der Waals surface area contributed by atoms with Gasteiger partial charge < -0.3 is 10.0 Å². The summed E-state index contributed by atoms with van der Waals surface area (Å²) < 4.78 is 26.6. The van der Waals surface area contributed by atoms with E-state index in [0.717, 1.165) is 12.1 Å². The van der Waals surface area contributed by atoms with Crippen LogP contribution in [0.15, 0.2) is 18.2 Å². The molecule has 0 unspecified atom stereocenters. The minimum Gasteiger partial charge on any atom is -0.391 e. The number of halogens is 2. The van der Waals surface area contributed by atoms with Crippen LogP contribution in [0.5, 0.6) is 0 Å². The Hall–Kier alpha value is -1.49. The van der Waals surface area contributed by atoms with Crippen molar-refractivity contribution in [2.75, 3.05) is 13.1 Å². The molecule has 1 N–H and O–H groups in total. The maximum atomic E-state index is 13.3. The topological polar surface area (TPSA) is 40.5 Å². The Balaban J connectivity index is 2.08. The van der Waals surface area contributed by atoms with Gasteiger partial charge in [0.2, 0.25) is 5.91 Å². The Bertz CT molecular complexity index is 416. The summed E-state index contributed by atoms with van der Waals surface area (Å²) in [6.07, 6.45) is -0.305. The zero-order valence-corrected chi connectivity index (χ0v) is 9.20. The van der Waals surface area contributed by atoms with Crippen LogP contribution in [0.2, 0.25) is 0 Å². The minimum absolute atomic E-state index is 0.209. The van der Waals surface area contributed by atoms with E-state index in [0.29, 0.717) is 13.0 Å². The van der Waals surface area contributed by atoms with Gasteiger partial charge in [-0.25, -0.2) is 8.78 Å². The van der Waals surface area contributed by atoms with Crippen LogP contribution in [0.3, 0.4) is 0 Å². The van der Waals surface area contributed by atoms with Crippen LogP contribution < -0.4 is 0 Å². The van der Waals surface area contributed by atoms with Gasteiger partial charge in [-0.3, -0.25) is 4.79 Å². The number of carbonyl (C=O) groups is 1. The number of likely N-dealkylation sites (tertiary alicyclic amines) is 1. The van der Waals surface area contributed by atoms with Crippen LogP contribution in [-0.2, 0) is 11.2 Å². The number of benzene rings is 1. The molecule has 1 saturated heterocycles. The molecule has 0 radical (unpaired) electrons. The number of hydrogen-bond donors (Lipinski definition) is 1. The lowest BCUT2D eigenvalue weighted by Gasteiger charge is -2.15. The van der Waals surface area contributed by atoms with Crippen molar-refractivity contribution in [3.8, 4) is 0 Å². The molecule has 1 heterocycles. The van der Waals surface area contributed by atoms with Gasteiger partial charge >= 0.3 is 0 Å². The molecular formula is C12H13F2NO2. The molecule has 1 aromatic carbocycles. The number of nitrogens with zero attached hydrogens (tertiary/aromatic N) is 1. The highest BCUT2D eigenvalue weighted by Crippen LogP contribution is 2.16. The summed E-state index contributed by atoms with van der Waals surface area (Å²) in [5.74, 6) is -1.78. The lowest BCUT2D eigenvalue weighted by Crippen LogP contribution is -2.31. The van der Waals surface area contributed by atoms with Crippen molar-refractivity contribution in [2.45, 2.75) is 18.9 Å². The fourth-order valence-electron chi connectivity index (χ4n) is 1.93. The smallest absolute Gasteiger partial charge is 0.227 e. The third-order valence-corrected chi connectivity index (χ3v) is 2.91. The highest BCUT2D eigenvalue weighted by atomic mass is 19.1. The molecule has 1 amide bonds. The molecule has 0 spiro atoms. The summed E-state index contributed by atoms with van der Waals surface area (Å²) in [4.78, 5) is 13.2. The average Bonchev–Trinajstić information content (AvgIpc) is 2.70. The second-order valence-corrected chi connectivity index (χ2v) is 4.16. The fraction of sp³-hybridized carbons (Fsp3) is 0.417. The molecule has 1 atom stereocenters. The van der Waals surface area contributed by atoms with Crippen LogP contribution in [-0.4, -0.2) is 35.1 Å². The molecule has 92 valence electrons. The van der Waals surface area contributed by atoms with E-state index in [2.05, 4.69) is 0 Å². The number of rotatable bonds is 2. The maximum Gasteiger partial charge on any atom is 0.227 e. The summed E-state index contributed by atoms with van der Waals surface area (Å²) in [5.41, 5.74) is -0.209. The Morgan fingerprint density at radius 1 is 1.41 bits per heavy atom. The molecule has 1 fully saturated rings. The van der Waals surface area contributed by atoms with Crippen LogP contribution in [0, 0.1) is 11.6 Å². The lowest BCUT2D eigenvalue weighted by molar-refractivity contribution is -0.129. The molecule has 2 rings (SSSR count). The van der Waals surface area contributed by atoms with E-state index in [1.807, 2.05) is 0 Å². The highest BCUT2D eigenvalue weighted by molar-refractivity contribution is 5.79. The van der Waals surface area contributed by atoms with Gasteiger partial charge in [-0.1, -0.05) is 6.07 Å². The SMILES string of the molecule is O=C(Cc1c(F)cccc1F)N1CC[C@H](O)C1. The van der Waals surface area contributed by atoms with Crippen molar-refractivity contribution in [2.24, 2.45) is 0 Å². The number of hydrogen-bond acceptors (Lipinski definition) is 2. The van der Waals surface area contributed by atoms with Gasteiger partial charge in [0.25, 0.3) is 0 Å². The van der Waals surface area contributed by atoms with Crippen molar-refractivity contribution in [3.05, 3.63) is 35.4 Å². The molecule has 0 aromatic heterocycles. The van der Waals surface area contributed by atoms with E-state index < -0.39 is 17.7 Å². The van der Waals surface area contributed by atoms with Gasteiger partial charge in [-0.15, -0.1) is 0 Å². The zero-order chi connectivity index (χ0) is 12.4. The Kier molecular flexibility index (Phi) is 3.38. The third-order valence-electron chi connectivity index (χ3n) is 2.91. The summed E-state index contributed by atoms with van der Waals surface area (Å²) in [6.45, 7) is 0.685. The van der Waals surface area contributed by atoms with Crippen molar-refractivity contribution in [1.29, 1.82) is 0 Å². The minimum atomic E-state index is -0.710. The maximum absolute atomic E-state index is 13.3. The fourth-order valence-corrected chi connectivity index (χ4v) is 1.93. The van der Waals surface area contributed by atoms with E-state index in [-0.39, 0.29) is 24.4 Å². The molecule has 0 aliphatic carbocycles. The molecule has 0 bridgehead atoms. The van der Waals surface area contributed by atoms with Gasteiger partial charge in [0.05, 0.1) is 12.5 Å². The summed E-state index contributed by atoms with van der Waals surface area (Å²) in [6, 6.07) is 3.52. The molecule has 1 aliphatic rings. The van der Waals surface area contributed by atoms with Crippen molar-refractivity contribution < 1.29 is 18.7 Å². The molecule has 1 aromatic rings. The number of carbonyl (C=O) groups excluding carboxylic acids is 1. The molecule has 1 aliphatic heterocycles. The summed E-state index contributed by atoms with van der Waals surface area (Å²) in [5, 5.41) is 9.28. The Morgan fingerprint density at radius 2 is 2.06 bits per heavy atom. The first-order valence-electron chi connectivity index (χ1n) is 5.46. The van der Waals surface area contributed by atoms with Crippen LogP contribution in [0.4, 0.5) is 8.78 Å². The standard InChI is InChI=1S/C12H13F2NO2/c13-10-2-1-3-11(14)9(10)6-12(17)15-5-4-8(16)7-15/h1-3,8,16H,4-7H2/t8-/m0/s1. The van der Waals surface area contributed by atoms with Crippen molar-refractivity contribution in [1.82, 2.24) is 4.90 Å². The molecule has 0 saturated carbocycles. The second kappa shape index (κ2) is 4.79. The van der Waals surface area contributed by atoms with Gasteiger partial charge in [0.1, 0.15) is 11.6 Å². The quantitative estimate of drug-likeness (QED) is 0.842. The zero-order valence-electron chi connectivity index (χ0n) is 9.20. The third kappa shape index (κ3) is 2.61. The highest BCUT2D eigenvalue weighted by Gasteiger charge is 2.25. The summed E-state index contributed by atoms with van der Waals surface area (Å²) >= 11 is 0. The van der Waals surface area contributed by atoms with Crippen molar-refractivity contribution >= 4 is 5.91 Å². The van der Waals surface area contributed by atoms with Crippen molar-refractivity contribution in [3.63, 3.8) is 0 Å². The predicted octanol–water partition coefficient (Wildman–Crippen LogP) is 1.10. The molecule has 5 heteroatoms. The van der Waals surface area contributed by atoms with Gasteiger partial charge in [0.15, 0.2) is 0 Å². The van der Waals surface area contributed by atoms with E-state index in [4.69, 9.17) is 0 Å². The second-order valence-electron chi connectivity index (χ2n) is 4.16. The van der Waals surface area contributed by atoms with E-state index in [1.165, 1.54) is 11.0 Å². The van der Waals surface area contributed by atoms with Gasteiger partial charge in [0, 0.05) is 18.7 Å². The first-order chi connectivity index (χ1) is 8.08. The first kappa shape index (κ1) is 12.0. The van der Waals surface area contributed by atoms with E-state index >= 15 is 0 Å². The van der Waals surface area contributed by atoms with Crippen LogP contribution >= 0.6 is 0 Å². The Morgan fingerprint density at radius 3 is 2.59 bits per heavy atom. The molecule has 17 heavy (non-hydrogen) atoms. The molecule has 3 nitrogen and oxygen atoms in total. The number of β-amino-alcohol motifs (C(OH)–C–C–N with tert-alkyl or cyclic N) is 1. The van der Waals surface area contributed by atoms with E-state index in [1.54, 1.807) is 0 Å². The Labute approximate surface area is 97.7 Å². The van der Waals surface area contributed by atoms with E-state index in [9.17, 15) is 18.7 Å². The van der Waals surface area contributed by atoms with Crippen LogP contribution in [0.25, 0.3) is 0 Å². The normalized spacial score (nSPS) is 19.7. The number of amides is 1.